The van der Waals surface area contributed by atoms with E-state index in [0.29, 0.717) is 23.7 Å². The SMILES string of the molecule is C=C/C(C)=C(\C=C/CCl)c1ccc2c(c1)C(=O)N(c1ccc(N(C)/C=C(/C)N=C)c(OC)c1)C2. The summed E-state index contributed by atoms with van der Waals surface area (Å²) in [6.07, 6.45) is 7.54. The number of nitrogens with zero attached hydrogens (tertiary/aromatic N) is 3. The van der Waals surface area contributed by atoms with Gasteiger partial charge in [-0.25, -0.2) is 0 Å². The largest absolute Gasteiger partial charge is 0.494 e. The molecule has 1 aliphatic heterocycles. The molecule has 2 aromatic carbocycles. The molecule has 0 fully saturated rings. The van der Waals surface area contributed by atoms with Gasteiger partial charge < -0.3 is 14.5 Å². The van der Waals surface area contributed by atoms with E-state index in [-0.39, 0.29) is 5.91 Å². The molecule has 0 aliphatic carbocycles. The Balaban J connectivity index is 1.95. The van der Waals surface area contributed by atoms with Gasteiger partial charge in [0.25, 0.3) is 5.91 Å². The average Bonchev–Trinajstić information content (AvgIpc) is 3.19. The summed E-state index contributed by atoms with van der Waals surface area (Å²) in [5.74, 6) is 1.04. The Hall–Kier alpha value is -3.57. The number of amides is 1. The summed E-state index contributed by atoms with van der Waals surface area (Å²) in [6.45, 7) is 11.8. The second kappa shape index (κ2) is 11.0. The number of hydrogen-bond acceptors (Lipinski definition) is 4. The second-order valence-corrected chi connectivity index (χ2v) is 8.32. The standard InChI is InChI=1S/C28H30ClN3O2/c1-7-19(2)24(9-8-14-29)21-10-11-22-18-32(28(33)25(22)15-21)23-12-13-26(27(16-23)34-6)31(5)17-20(3)30-4/h7-13,15-17H,1,4,14,18H2,2-3,5-6H3/b9-8-,20-17-,24-19+. The molecule has 0 atom stereocenters. The number of rotatable bonds is 9. The van der Waals surface area contributed by atoms with E-state index in [9.17, 15) is 4.79 Å². The van der Waals surface area contributed by atoms with Crippen molar-refractivity contribution in [2.75, 3.05) is 29.8 Å². The zero-order chi connectivity index (χ0) is 24.8. The molecule has 5 nitrogen and oxygen atoms in total. The first-order valence-corrected chi connectivity index (χ1v) is 11.4. The third-order valence-corrected chi connectivity index (χ3v) is 5.99. The lowest BCUT2D eigenvalue weighted by atomic mass is 9.96. The Morgan fingerprint density at radius 3 is 2.68 bits per heavy atom. The number of ether oxygens (including phenoxy) is 1. The van der Waals surface area contributed by atoms with E-state index >= 15 is 0 Å². The molecule has 0 bridgehead atoms. The predicted molar refractivity (Wildman–Crippen MR) is 144 cm³/mol. The summed E-state index contributed by atoms with van der Waals surface area (Å²) >= 11 is 5.85. The van der Waals surface area contributed by atoms with Crippen molar-refractivity contribution in [3.63, 3.8) is 0 Å². The lowest BCUT2D eigenvalue weighted by Gasteiger charge is -2.22. The van der Waals surface area contributed by atoms with Gasteiger partial charge in [-0.1, -0.05) is 36.9 Å². The van der Waals surface area contributed by atoms with Crippen molar-refractivity contribution in [3.8, 4) is 5.75 Å². The summed E-state index contributed by atoms with van der Waals surface area (Å²) in [4.78, 5) is 21.0. The number of benzene rings is 2. The molecule has 0 spiro atoms. The summed E-state index contributed by atoms with van der Waals surface area (Å²) in [5.41, 5.74) is 7.08. The highest BCUT2D eigenvalue weighted by Crippen LogP contribution is 2.37. The van der Waals surface area contributed by atoms with Crippen LogP contribution in [-0.4, -0.2) is 32.7 Å². The highest BCUT2D eigenvalue weighted by atomic mass is 35.5. The molecule has 0 aromatic heterocycles. The number of methoxy groups -OCH3 is 1. The lowest BCUT2D eigenvalue weighted by molar-refractivity contribution is 0.0996. The van der Waals surface area contributed by atoms with Crippen LogP contribution in [0.25, 0.3) is 5.57 Å². The van der Waals surface area contributed by atoms with E-state index in [1.165, 1.54) is 0 Å². The topological polar surface area (TPSA) is 45.1 Å². The average molecular weight is 476 g/mol. The van der Waals surface area contributed by atoms with Crippen molar-refractivity contribution >= 4 is 41.2 Å². The number of carbonyl (C=O) groups excluding carboxylic acids is 1. The number of alkyl halides is 1. The first-order valence-electron chi connectivity index (χ1n) is 10.9. The van der Waals surface area contributed by atoms with Crippen LogP contribution >= 0.6 is 11.6 Å². The van der Waals surface area contributed by atoms with Gasteiger partial charge in [0.1, 0.15) is 5.75 Å². The van der Waals surface area contributed by atoms with Gasteiger partial charge in [-0.2, -0.15) is 0 Å². The molecule has 0 unspecified atom stereocenters. The maximum Gasteiger partial charge on any atom is 0.258 e. The van der Waals surface area contributed by atoms with Crippen molar-refractivity contribution in [3.05, 3.63) is 95.4 Å². The van der Waals surface area contributed by atoms with Gasteiger partial charge in [0.05, 0.1) is 25.0 Å². The van der Waals surface area contributed by atoms with Crippen LogP contribution in [0.2, 0.25) is 0 Å². The summed E-state index contributed by atoms with van der Waals surface area (Å²) in [7, 11) is 3.54. The Kier molecular flexibility index (Phi) is 8.13. The molecular formula is C28H30ClN3O2. The normalized spacial score (nSPS) is 14.2. The number of allylic oxidation sites excluding steroid dienone is 6. The van der Waals surface area contributed by atoms with Crippen molar-refractivity contribution < 1.29 is 9.53 Å². The fraction of sp³-hybridized carbons (Fsp3) is 0.214. The molecule has 3 rings (SSSR count). The van der Waals surface area contributed by atoms with Crippen molar-refractivity contribution in [2.45, 2.75) is 20.4 Å². The molecule has 1 heterocycles. The minimum atomic E-state index is -0.0384. The molecule has 2 aromatic rings. The third kappa shape index (κ3) is 5.15. The van der Waals surface area contributed by atoms with E-state index < -0.39 is 0 Å². The van der Waals surface area contributed by atoms with Gasteiger partial charge in [0, 0.05) is 36.4 Å². The molecule has 0 radical (unpaired) electrons. The van der Waals surface area contributed by atoms with Gasteiger partial charge in [-0.05, 0) is 61.0 Å². The molecule has 1 amide bonds. The van der Waals surface area contributed by atoms with Crippen LogP contribution in [0.3, 0.4) is 0 Å². The van der Waals surface area contributed by atoms with Gasteiger partial charge in [-0.3, -0.25) is 9.79 Å². The van der Waals surface area contributed by atoms with E-state index in [1.54, 1.807) is 12.0 Å². The zero-order valence-electron chi connectivity index (χ0n) is 20.1. The van der Waals surface area contributed by atoms with Crippen molar-refractivity contribution in [1.29, 1.82) is 0 Å². The fourth-order valence-electron chi connectivity index (χ4n) is 3.92. The van der Waals surface area contributed by atoms with Crippen LogP contribution in [-0.2, 0) is 6.54 Å². The van der Waals surface area contributed by atoms with Crippen LogP contribution < -0.4 is 14.5 Å². The van der Waals surface area contributed by atoms with Crippen LogP contribution in [0.5, 0.6) is 5.75 Å². The Labute approximate surface area is 207 Å². The second-order valence-electron chi connectivity index (χ2n) is 8.02. The minimum Gasteiger partial charge on any atom is -0.494 e. The number of halogens is 1. The molecule has 6 heteroatoms. The lowest BCUT2D eigenvalue weighted by Crippen LogP contribution is -2.23. The molecular weight excluding hydrogens is 446 g/mol. The van der Waals surface area contributed by atoms with E-state index in [4.69, 9.17) is 16.3 Å². The number of fused-ring (bicyclic) bond motifs is 1. The maximum atomic E-state index is 13.4. The number of anilines is 2. The van der Waals surface area contributed by atoms with E-state index in [1.807, 2.05) is 86.6 Å². The highest BCUT2D eigenvalue weighted by molar-refractivity contribution is 6.19. The Morgan fingerprint density at radius 1 is 1.26 bits per heavy atom. The molecule has 0 saturated carbocycles. The third-order valence-electron chi connectivity index (χ3n) is 5.81. The summed E-state index contributed by atoms with van der Waals surface area (Å²) < 4.78 is 5.63. The van der Waals surface area contributed by atoms with Crippen LogP contribution in [0.1, 0.15) is 35.3 Å². The van der Waals surface area contributed by atoms with E-state index in [0.717, 1.165) is 39.3 Å². The molecule has 176 valence electrons. The van der Waals surface area contributed by atoms with Gasteiger partial charge in [-0.15, -0.1) is 11.6 Å². The molecule has 34 heavy (non-hydrogen) atoms. The zero-order valence-corrected chi connectivity index (χ0v) is 20.9. The predicted octanol–water partition coefficient (Wildman–Crippen LogP) is 6.61. The summed E-state index contributed by atoms with van der Waals surface area (Å²) in [6, 6.07) is 11.8. The van der Waals surface area contributed by atoms with Crippen molar-refractivity contribution in [2.24, 2.45) is 4.99 Å². The van der Waals surface area contributed by atoms with Crippen LogP contribution in [0, 0.1) is 0 Å². The number of hydrogen-bond donors (Lipinski definition) is 0. The van der Waals surface area contributed by atoms with Gasteiger partial charge in [0.15, 0.2) is 0 Å². The minimum absolute atomic E-state index is 0.0384. The van der Waals surface area contributed by atoms with Gasteiger partial charge in [0.2, 0.25) is 0 Å². The number of aliphatic imine (C=N–C) groups is 1. The van der Waals surface area contributed by atoms with E-state index in [2.05, 4.69) is 18.3 Å². The van der Waals surface area contributed by atoms with Crippen LogP contribution in [0.4, 0.5) is 11.4 Å². The Morgan fingerprint density at radius 2 is 2.03 bits per heavy atom. The first-order chi connectivity index (χ1) is 16.3. The van der Waals surface area contributed by atoms with Gasteiger partial charge >= 0.3 is 0 Å². The maximum absolute atomic E-state index is 13.4. The van der Waals surface area contributed by atoms with Crippen molar-refractivity contribution in [1.82, 2.24) is 0 Å². The number of carbonyl (C=O) groups is 1. The quantitative estimate of drug-likeness (QED) is 0.233. The monoisotopic (exact) mass is 475 g/mol. The smallest absolute Gasteiger partial charge is 0.258 e. The molecule has 1 aliphatic rings. The highest BCUT2D eigenvalue weighted by Gasteiger charge is 2.29. The summed E-state index contributed by atoms with van der Waals surface area (Å²) in [5, 5.41) is 0. The first kappa shape index (κ1) is 25.1. The Bertz CT molecular complexity index is 1210. The molecule has 0 N–H and O–H groups in total. The fourth-order valence-corrected chi connectivity index (χ4v) is 4.01. The molecule has 0 saturated heterocycles. The van der Waals surface area contributed by atoms with Crippen LogP contribution in [0.15, 0.2) is 83.7 Å².